The molecule has 0 bridgehead atoms. The predicted molar refractivity (Wildman–Crippen MR) is 76.0 cm³/mol. The summed E-state index contributed by atoms with van der Waals surface area (Å²) >= 11 is 0. The number of nitrogens with two attached hydrogens (primary N) is 1. The van der Waals surface area contributed by atoms with Gasteiger partial charge < -0.3 is 16.0 Å². The Labute approximate surface area is 113 Å². The summed E-state index contributed by atoms with van der Waals surface area (Å²) in [4.78, 5) is 19.8. The molecule has 1 aromatic heterocycles. The molecule has 104 valence electrons. The zero-order valence-electron chi connectivity index (χ0n) is 11.3. The number of piperazine rings is 1. The molecule has 1 fully saturated rings. The summed E-state index contributed by atoms with van der Waals surface area (Å²) in [5, 5.41) is 2.65. The lowest BCUT2D eigenvalue weighted by Gasteiger charge is -2.36. The number of rotatable bonds is 4. The van der Waals surface area contributed by atoms with Crippen molar-refractivity contribution >= 4 is 17.3 Å². The van der Waals surface area contributed by atoms with E-state index in [1.165, 1.54) is 0 Å². The van der Waals surface area contributed by atoms with Crippen LogP contribution in [0.3, 0.4) is 0 Å². The SMILES string of the molecule is CNC(=O)CCN1CCN(c2ccncc2N)CC1. The second kappa shape index (κ2) is 6.38. The van der Waals surface area contributed by atoms with E-state index in [1.54, 1.807) is 19.4 Å². The number of nitrogen functional groups attached to an aromatic ring is 1. The summed E-state index contributed by atoms with van der Waals surface area (Å²) in [6, 6.07) is 1.95. The van der Waals surface area contributed by atoms with E-state index in [9.17, 15) is 4.79 Å². The molecular weight excluding hydrogens is 242 g/mol. The van der Waals surface area contributed by atoms with Crippen molar-refractivity contribution in [2.45, 2.75) is 6.42 Å². The van der Waals surface area contributed by atoms with Crippen molar-refractivity contribution in [3.8, 4) is 0 Å². The van der Waals surface area contributed by atoms with E-state index in [2.05, 4.69) is 20.1 Å². The fourth-order valence-electron chi connectivity index (χ4n) is 2.28. The molecule has 1 saturated heterocycles. The van der Waals surface area contributed by atoms with Crippen molar-refractivity contribution in [2.75, 3.05) is 50.4 Å². The van der Waals surface area contributed by atoms with Gasteiger partial charge in [0.25, 0.3) is 0 Å². The van der Waals surface area contributed by atoms with Crippen LogP contribution in [0.25, 0.3) is 0 Å². The maximum absolute atomic E-state index is 11.2. The van der Waals surface area contributed by atoms with Crippen molar-refractivity contribution in [2.24, 2.45) is 0 Å². The largest absolute Gasteiger partial charge is 0.396 e. The molecule has 0 aromatic carbocycles. The summed E-state index contributed by atoms with van der Waals surface area (Å²) in [6.45, 7) is 4.60. The zero-order chi connectivity index (χ0) is 13.7. The Morgan fingerprint density at radius 2 is 2.16 bits per heavy atom. The van der Waals surface area contributed by atoms with E-state index in [0.29, 0.717) is 6.42 Å². The molecule has 1 amide bonds. The Kier molecular flexibility index (Phi) is 4.57. The van der Waals surface area contributed by atoms with Gasteiger partial charge in [-0.15, -0.1) is 0 Å². The molecule has 1 aliphatic rings. The standard InChI is InChI=1S/C13H21N5O/c1-15-13(19)3-5-17-6-8-18(9-7-17)12-2-4-16-10-11(12)14/h2,4,10H,3,5-9,14H2,1H3,(H,15,19). The number of pyridine rings is 1. The first-order chi connectivity index (χ1) is 9.20. The van der Waals surface area contributed by atoms with Gasteiger partial charge in [0, 0.05) is 52.4 Å². The molecule has 6 heteroatoms. The molecule has 6 nitrogen and oxygen atoms in total. The molecule has 0 atom stereocenters. The summed E-state index contributed by atoms with van der Waals surface area (Å²) in [6.07, 6.45) is 4.02. The van der Waals surface area contributed by atoms with Crippen LogP contribution in [0.4, 0.5) is 11.4 Å². The number of hydrogen-bond acceptors (Lipinski definition) is 5. The maximum Gasteiger partial charge on any atom is 0.221 e. The van der Waals surface area contributed by atoms with E-state index in [0.717, 1.165) is 44.1 Å². The van der Waals surface area contributed by atoms with Gasteiger partial charge in [-0.05, 0) is 6.07 Å². The average Bonchev–Trinajstić information content (AvgIpc) is 2.46. The van der Waals surface area contributed by atoms with E-state index in [1.807, 2.05) is 6.07 Å². The molecular formula is C13H21N5O. The number of nitrogens with one attached hydrogen (secondary N) is 1. The Balaban J connectivity index is 1.83. The van der Waals surface area contributed by atoms with Gasteiger partial charge in [0.15, 0.2) is 0 Å². The fourth-order valence-corrected chi connectivity index (χ4v) is 2.28. The summed E-state index contributed by atoms with van der Waals surface area (Å²) < 4.78 is 0. The molecule has 2 heterocycles. The third-order valence-electron chi connectivity index (χ3n) is 3.47. The topological polar surface area (TPSA) is 74.5 Å². The second-order valence-corrected chi connectivity index (χ2v) is 4.69. The Hall–Kier alpha value is -1.82. The first kappa shape index (κ1) is 13.6. The van der Waals surface area contributed by atoms with Crippen LogP contribution in [0.1, 0.15) is 6.42 Å². The maximum atomic E-state index is 11.2. The van der Waals surface area contributed by atoms with Gasteiger partial charge in [-0.1, -0.05) is 0 Å². The summed E-state index contributed by atoms with van der Waals surface area (Å²) in [7, 11) is 1.67. The van der Waals surface area contributed by atoms with Gasteiger partial charge >= 0.3 is 0 Å². The van der Waals surface area contributed by atoms with Gasteiger partial charge in [0.2, 0.25) is 5.91 Å². The number of carbonyl (C=O) groups is 1. The predicted octanol–water partition coefficient (Wildman–Crippen LogP) is -0.0781. The second-order valence-electron chi connectivity index (χ2n) is 4.69. The quantitative estimate of drug-likeness (QED) is 0.795. The Morgan fingerprint density at radius 3 is 2.79 bits per heavy atom. The van der Waals surface area contributed by atoms with Gasteiger partial charge in [-0.3, -0.25) is 14.7 Å². The zero-order valence-corrected chi connectivity index (χ0v) is 11.3. The lowest BCUT2D eigenvalue weighted by Crippen LogP contribution is -2.47. The third kappa shape index (κ3) is 3.57. The van der Waals surface area contributed by atoms with Gasteiger partial charge in [-0.2, -0.15) is 0 Å². The number of hydrogen-bond donors (Lipinski definition) is 2. The highest BCUT2D eigenvalue weighted by molar-refractivity contribution is 5.75. The van der Waals surface area contributed by atoms with Crippen molar-refractivity contribution in [3.05, 3.63) is 18.5 Å². The van der Waals surface area contributed by atoms with E-state index < -0.39 is 0 Å². The van der Waals surface area contributed by atoms with Crippen LogP contribution in [0, 0.1) is 0 Å². The molecule has 0 radical (unpaired) electrons. The molecule has 0 aliphatic carbocycles. The molecule has 0 saturated carbocycles. The molecule has 0 unspecified atom stereocenters. The van der Waals surface area contributed by atoms with E-state index in [4.69, 9.17) is 5.73 Å². The van der Waals surface area contributed by atoms with Crippen LogP contribution in [0.15, 0.2) is 18.5 Å². The third-order valence-corrected chi connectivity index (χ3v) is 3.47. The van der Waals surface area contributed by atoms with Crippen LogP contribution in [-0.2, 0) is 4.79 Å². The lowest BCUT2D eigenvalue weighted by molar-refractivity contribution is -0.120. The smallest absolute Gasteiger partial charge is 0.221 e. The van der Waals surface area contributed by atoms with Gasteiger partial charge in [0.1, 0.15) is 0 Å². The highest BCUT2D eigenvalue weighted by atomic mass is 16.1. The van der Waals surface area contributed by atoms with Crippen molar-refractivity contribution < 1.29 is 4.79 Å². The summed E-state index contributed by atoms with van der Waals surface area (Å²) in [5.74, 6) is 0.0980. The lowest BCUT2D eigenvalue weighted by atomic mass is 10.2. The molecule has 1 aliphatic heterocycles. The molecule has 0 spiro atoms. The van der Waals surface area contributed by atoms with Crippen molar-refractivity contribution in [3.63, 3.8) is 0 Å². The van der Waals surface area contributed by atoms with Crippen LogP contribution >= 0.6 is 0 Å². The van der Waals surface area contributed by atoms with Crippen LogP contribution in [-0.4, -0.2) is 55.6 Å². The number of nitrogens with zero attached hydrogens (tertiary/aromatic N) is 3. The molecule has 19 heavy (non-hydrogen) atoms. The Morgan fingerprint density at radius 1 is 1.42 bits per heavy atom. The van der Waals surface area contributed by atoms with E-state index in [-0.39, 0.29) is 5.91 Å². The Bertz CT molecular complexity index is 429. The van der Waals surface area contributed by atoms with E-state index >= 15 is 0 Å². The minimum Gasteiger partial charge on any atom is -0.396 e. The number of aromatic nitrogens is 1. The monoisotopic (exact) mass is 263 g/mol. The summed E-state index contributed by atoms with van der Waals surface area (Å²) in [5.41, 5.74) is 7.71. The van der Waals surface area contributed by atoms with Crippen LogP contribution in [0.5, 0.6) is 0 Å². The van der Waals surface area contributed by atoms with Crippen LogP contribution in [0.2, 0.25) is 0 Å². The van der Waals surface area contributed by atoms with Crippen LogP contribution < -0.4 is 16.0 Å². The minimum atomic E-state index is 0.0980. The molecule has 1 aromatic rings. The average molecular weight is 263 g/mol. The number of anilines is 2. The number of amides is 1. The molecule has 3 N–H and O–H groups in total. The van der Waals surface area contributed by atoms with Crippen molar-refractivity contribution in [1.29, 1.82) is 0 Å². The van der Waals surface area contributed by atoms with Gasteiger partial charge in [0.05, 0.1) is 17.6 Å². The highest BCUT2D eigenvalue weighted by Crippen LogP contribution is 2.22. The highest BCUT2D eigenvalue weighted by Gasteiger charge is 2.18. The number of carbonyl (C=O) groups excluding carboxylic acids is 1. The van der Waals surface area contributed by atoms with Gasteiger partial charge in [-0.25, -0.2) is 0 Å². The normalized spacial score (nSPS) is 16.4. The first-order valence-electron chi connectivity index (χ1n) is 6.58. The molecule has 2 rings (SSSR count). The minimum absolute atomic E-state index is 0.0980. The fraction of sp³-hybridized carbons (Fsp3) is 0.538. The first-order valence-corrected chi connectivity index (χ1v) is 6.58. The van der Waals surface area contributed by atoms with Crippen molar-refractivity contribution in [1.82, 2.24) is 15.2 Å².